The van der Waals surface area contributed by atoms with Crippen LogP contribution in [0.2, 0.25) is 0 Å². The monoisotopic (exact) mass is 481 g/mol. The van der Waals surface area contributed by atoms with E-state index in [9.17, 15) is 9.18 Å². The molecule has 10 heteroatoms. The Morgan fingerprint density at radius 1 is 1.29 bits per heavy atom. The highest BCUT2D eigenvalue weighted by Crippen LogP contribution is 2.35. The molecule has 0 unspecified atom stereocenters. The minimum Gasteiger partial charge on any atom is -0.461 e. The van der Waals surface area contributed by atoms with E-state index in [1.165, 1.54) is 12.1 Å². The van der Waals surface area contributed by atoms with E-state index in [1.807, 2.05) is 13.8 Å². The van der Waals surface area contributed by atoms with Crippen LogP contribution in [-0.4, -0.2) is 51.7 Å². The predicted octanol–water partition coefficient (Wildman–Crippen LogP) is 3.81. The number of carbonyl (C=O) groups excluding carboxylic acids is 1. The zero-order valence-corrected chi connectivity index (χ0v) is 19.9. The lowest BCUT2D eigenvalue weighted by Gasteiger charge is -2.35. The third kappa shape index (κ3) is 5.55. The molecule has 35 heavy (non-hydrogen) atoms. The minimum atomic E-state index is -0.843. The maximum atomic E-state index is 13.6. The van der Waals surface area contributed by atoms with Crippen molar-refractivity contribution in [2.24, 2.45) is 5.41 Å². The number of carbonyl (C=O) groups is 1. The van der Waals surface area contributed by atoms with Gasteiger partial charge in [-0.25, -0.2) is 14.4 Å². The normalized spacial score (nSPS) is 20.0. The highest BCUT2D eigenvalue weighted by molar-refractivity contribution is 5.82. The number of nitrogens with one attached hydrogen (secondary N) is 2. The molecule has 2 N–H and O–H groups in total. The van der Waals surface area contributed by atoms with Crippen LogP contribution < -0.4 is 10.1 Å². The number of halogens is 1. The van der Waals surface area contributed by atoms with Crippen molar-refractivity contribution in [2.75, 3.05) is 19.8 Å². The number of H-pyrrole nitrogens is 1. The van der Waals surface area contributed by atoms with Gasteiger partial charge in [-0.1, -0.05) is 6.08 Å². The second-order valence-electron chi connectivity index (χ2n) is 8.76. The van der Waals surface area contributed by atoms with Gasteiger partial charge in [-0.15, -0.1) is 6.58 Å². The second-order valence-corrected chi connectivity index (χ2v) is 8.76. The number of hydrogen-bond donors (Lipinski definition) is 2. The van der Waals surface area contributed by atoms with Crippen LogP contribution in [0.15, 0.2) is 49.2 Å². The van der Waals surface area contributed by atoms with E-state index in [4.69, 9.17) is 19.2 Å². The minimum absolute atomic E-state index is 0.0961. The van der Waals surface area contributed by atoms with Crippen LogP contribution in [0.1, 0.15) is 32.9 Å². The lowest BCUT2D eigenvalue weighted by Crippen LogP contribution is -2.48. The van der Waals surface area contributed by atoms with Gasteiger partial charge in [0.05, 0.1) is 41.8 Å². The highest BCUT2D eigenvalue weighted by Gasteiger charge is 2.40. The fourth-order valence-corrected chi connectivity index (χ4v) is 3.53. The van der Waals surface area contributed by atoms with E-state index in [1.54, 1.807) is 37.4 Å². The van der Waals surface area contributed by atoms with Crippen LogP contribution in [0.4, 0.5) is 4.39 Å². The van der Waals surface area contributed by atoms with Crippen LogP contribution in [0, 0.1) is 11.2 Å². The molecule has 0 radical (unpaired) electrons. The molecular weight excluding hydrogens is 453 g/mol. The maximum Gasteiger partial charge on any atom is 0.317 e. The number of aromatic nitrogens is 4. The lowest BCUT2D eigenvalue weighted by molar-refractivity contribution is -0.230. The molecule has 0 atom stereocenters. The van der Waals surface area contributed by atoms with Gasteiger partial charge in [-0.05, 0) is 51.1 Å². The summed E-state index contributed by atoms with van der Waals surface area (Å²) >= 11 is 0. The zero-order valence-electron chi connectivity index (χ0n) is 19.9. The van der Waals surface area contributed by atoms with Gasteiger partial charge in [-0.3, -0.25) is 4.79 Å². The SMILES string of the molecule is C=CCNC(=O)C1(C)COC(c2nc(-c3ccc(F)cc3)c(-c3ccnc(OC(C)C)n3)[nH]2)OC1. The zero-order chi connectivity index (χ0) is 25.0. The average Bonchev–Trinajstić information content (AvgIpc) is 3.28. The molecule has 4 rings (SSSR count). The first-order valence-corrected chi connectivity index (χ1v) is 11.3. The molecule has 0 aliphatic carbocycles. The van der Waals surface area contributed by atoms with Crippen LogP contribution in [0.3, 0.4) is 0 Å². The number of amides is 1. The highest BCUT2D eigenvalue weighted by atomic mass is 19.1. The van der Waals surface area contributed by atoms with E-state index in [2.05, 4.69) is 26.8 Å². The van der Waals surface area contributed by atoms with E-state index in [0.717, 1.165) is 0 Å². The summed E-state index contributed by atoms with van der Waals surface area (Å²) in [5.74, 6) is -0.131. The molecule has 1 aliphatic heterocycles. The van der Waals surface area contributed by atoms with Gasteiger partial charge < -0.3 is 24.5 Å². The molecule has 1 saturated heterocycles. The van der Waals surface area contributed by atoms with Gasteiger partial charge in [0.1, 0.15) is 5.82 Å². The Morgan fingerprint density at radius 3 is 2.66 bits per heavy atom. The first-order valence-electron chi connectivity index (χ1n) is 11.3. The summed E-state index contributed by atoms with van der Waals surface area (Å²) in [6, 6.07) is 7.94. The summed E-state index contributed by atoms with van der Waals surface area (Å²) < 4.78 is 31.0. The summed E-state index contributed by atoms with van der Waals surface area (Å²) in [6.45, 7) is 9.80. The van der Waals surface area contributed by atoms with E-state index >= 15 is 0 Å². The average molecular weight is 482 g/mol. The summed E-state index contributed by atoms with van der Waals surface area (Å²) in [6.07, 6.45) is 2.29. The molecule has 1 fully saturated rings. The number of rotatable bonds is 8. The van der Waals surface area contributed by atoms with Gasteiger partial charge in [0.25, 0.3) is 0 Å². The van der Waals surface area contributed by atoms with Crippen molar-refractivity contribution in [1.82, 2.24) is 25.3 Å². The molecule has 184 valence electrons. The molecule has 3 heterocycles. The second kappa shape index (κ2) is 10.3. The Hall–Kier alpha value is -3.63. The quantitative estimate of drug-likeness (QED) is 0.471. The van der Waals surface area contributed by atoms with Crippen molar-refractivity contribution >= 4 is 5.91 Å². The first kappa shape index (κ1) is 24.5. The Kier molecular flexibility index (Phi) is 7.23. The summed E-state index contributed by atoms with van der Waals surface area (Å²) in [4.78, 5) is 29.1. The summed E-state index contributed by atoms with van der Waals surface area (Å²) in [7, 11) is 0. The molecule has 0 spiro atoms. The molecular formula is C25H28FN5O4. The van der Waals surface area contributed by atoms with Crippen molar-refractivity contribution in [1.29, 1.82) is 0 Å². The van der Waals surface area contributed by atoms with Gasteiger partial charge >= 0.3 is 6.01 Å². The Labute approximate surface area is 202 Å². The van der Waals surface area contributed by atoms with Crippen molar-refractivity contribution in [3.05, 3.63) is 60.8 Å². The van der Waals surface area contributed by atoms with Crippen molar-refractivity contribution in [2.45, 2.75) is 33.2 Å². The van der Waals surface area contributed by atoms with Crippen LogP contribution in [0.25, 0.3) is 22.6 Å². The smallest absolute Gasteiger partial charge is 0.317 e. The van der Waals surface area contributed by atoms with Gasteiger partial charge in [-0.2, -0.15) is 4.98 Å². The third-order valence-corrected chi connectivity index (χ3v) is 5.36. The fraction of sp³-hybridized carbons (Fsp3) is 0.360. The summed E-state index contributed by atoms with van der Waals surface area (Å²) in [5.41, 5.74) is 1.49. The van der Waals surface area contributed by atoms with E-state index in [0.29, 0.717) is 35.0 Å². The van der Waals surface area contributed by atoms with Crippen LogP contribution in [0.5, 0.6) is 6.01 Å². The van der Waals surface area contributed by atoms with E-state index < -0.39 is 11.7 Å². The van der Waals surface area contributed by atoms with E-state index in [-0.39, 0.29) is 37.1 Å². The van der Waals surface area contributed by atoms with Crippen LogP contribution >= 0.6 is 0 Å². The fourth-order valence-electron chi connectivity index (χ4n) is 3.53. The number of ether oxygens (including phenoxy) is 3. The van der Waals surface area contributed by atoms with Gasteiger partial charge in [0, 0.05) is 18.3 Å². The Bertz CT molecular complexity index is 1190. The molecule has 1 aliphatic rings. The maximum absolute atomic E-state index is 13.6. The number of imidazole rings is 1. The number of nitrogens with zero attached hydrogens (tertiary/aromatic N) is 3. The third-order valence-electron chi connectivity index (χ3n) is 5.36. The van der Waals surface area contributed by atoms with Gasteiger partial charge in [0.15, 0.2) is 5.82 Å². The Morgan fingerprint density at radius 2 is 2.00 bits per heavy atom. The standard InChI is InChI=1S/C25H28FN5O4/c1-5-11-27-23(32)25(4)13-33-22(34-14-25)21-30-19(16-6-8-17(26)9-7-16)20(31-21)18-10-12-28-24(29-18)35-15(2)3/h5-10,12,15,22H,1,11,13-14H2,2-4H3,(H,27,32)(H,30,31). The largest absolute Gasteiger partial charge is 0.461 e. The van der Waals surface area contributed by atoms with Crippen LogP contribution in [-0.2, 0) is 14.3 Å². The molecule has 2 aromatic heterocycles. The molecule has 3 aromatic rings. The molecule has 0 saturated carbocycles. The predicted molar refractivity (Wildman–Crippen MR) is 127 cm³/mol. The first-order chi connectivity index (χ1) is 16.8. The molecule has 1 amide bonds. The number of aromatic amines is 1. The van der Waals surface area contributed by atoms with Gasteiger partial charge in [0.2, 0.25) is 12.2 Å². The lowest BCUT2D eigenvalue weighted by atomic mass is 9.91. The number of hydrogen-bond acceptors (Lipinski definition) is 7. The molecule has 0 bridgehead atoms. The topological polar surface area (TPSA) is 111 Å². The Balaban J connectivity index is 1.64. The van der Waals surface area contributed by atoms with Crippen molar-refractivity contribution in [3.8, 4) is 28.7 Å². The van der Waals surface area contributed by atoms with Crippen molar-refractivity contribution in [3.63, 3.8) is 0 Å². The summed E-state index contributed by atoms with van der Waals surface area (Å²) in [5, 5.41) is 2.78. The van der Waals surface area contributed by atoms with Crippen molar-refractivity contribution < 1.29 is 23.4 Å². The molecule has 9 nitrogen and oxygen atoms in total. The number of benzene rings is 1. The molecule has 1 aromatic carbocycles.